The molecule has 1 rings (SSSR count). The first kappa shape index (κ1) is 12.0. The number of carboxylic acids is 1. The molecule has 0 aromatic carbocycles. The first-order chi connectivity index (χ1) is 7.05. The summed E-state index contributed by atoms with van der Waals surface area (Å²) in [7, 11) is 0. The van der Waals surface area contributed by atoms with E-state index in [9.17, 15) is 9.90 Å². The van der Waals surface area contributed by atoms with E-state index >= 15 is 0 Å². The molecule has 1 heterocycles. The Labute approximate surface area is 90.5 Å². The van der Waals surface area contributed by atoms with Crippen molar-refractivity contribution in [2.24, 2.45) is 5.41 Å². The molecule has 1 saturated heterocycles. The molecule has 0 aromatic rings. The second kappa shape index (κ2) is 4.63. The fourth-order valence-electron chi connectivity index (χ4n) is 2.14. The van der Waals surface area contributed by atoms with Crippen LogP contribution in [0.5, 0.6) is 0 Å². The van der Waals surface area contributed by atoms with Gasteiger partial charge in [-0.15, -0.1) is 0 Å². The minimum Gasteiger partial charge on any atom is -0.481 e. The number of hydrogen-bond acceptors (Lipinski definition) is 3. The summed E-state index contributed by atoms with van der Waals surface area (Å²) in [6.07, 6.45) is 1.99. The van der Waals surface area contributed by atoms with Gasteiger partial charge in [0, 0.05) is 13.1 Å². The predicted molar refractivity (Wildman–Crippen MR) is 56.2 cm³/mol. The molecular weight excluding hydrogens is 192 g/mol. The van der Waals surface area contributed by atoms with Crippen molar-refractivity contribution in [3.63, 3.8) is 0 Å². The lowest BCUT2D eigenvalue weighted by Gasteiger charge is -2.39. The molecule has 1 fully saturated rings. The van der Waals surface area contributed by atoms with Gasteiger partial charge in [-0.3, -0.25) is 9.69 Å². The van der Waals surface area contributed by atoms with Gasteiger partial charge < -0.3 is 5.11 Å². The summed E-state index contributed by atoms with van der Waals surface area (Å²) in [6.45, 7) is 5.22. The summed E-state index contributed by atoms with van der Waals surface area (Å²) >= 11 is 0. The van der Waals surface area contributed by atoms with Crippen molar-refractivity contribution in [3.05, 3.63) is 0 Å². The van der Waals surface area contributed by atoms with Crippen LogP contribution < -0.4 is 0 Å². The molecule has 1 unspecified atom stereocenters. The summed E-state index contributed by atoms with van der Waals surface area (Å²) in [5.41, 5.74) is -0.550. The average Bonchev–Trinajstić information content (AvgIpc) is 2.28. The summed E-state index contributed by atoms with van der Waals surface area (Å²) in [4.78, 5) is 13.2. The molecule has 0 bridgehead atoms. The fourth-order valence-corrected chi connectivity index (χ4v) is 2.14. The number of rotatable bonds is 3. The zero-order chi connectivity index (χ0) is 11.5. The molecule has 1 aliphatic rings. The van der Waals surface area contributed by atoms with Crippen LogP contribution >= 0.6 is 0 Å². The van der Waals surface area contributed by atoms with Gasteiger partial charge in [-0.1, -0.05) is 6.92 Å². The van der Waals surface area contributed by atoms with E-state index in [0.717, 1.165) is 13.1 Å². The number of nitrogens with zero attached hydrogens (tertiary/aromatic N) is 2. The largest absolute Gasteiger partial charge is 0.481 e. The Kier molecular flexibility index (Phi) is 3.70. The summed E-state index contributed by atoms with van der Waals surface area (Å²) < 4.78 is 0. The van der Waals surface area contributed by atoms with Gasteiger partial charge in [-0.2, -0.15) is 5.26 Å². The van der Waals surface area contributed by atoms with Gasteiger partial charge in [0.2, 0.25) is 0 Å². The summed E-state index contributed by atoms with van der Waals surface area (Å²) in [5, 5.41) is 18.0. The molecule has 4 heteroatoms. The average molecular weight is 210 g/mol. The Balaban J connectivity index is 2.62. The van der Waals surface area contributed by atoms with E-state index in [-0.39, 0.29) is 6.04 Å². The number of nitriles is 1. The number of aliphatic carboxylic acids is 1. The van der Waals surface area contributed by atoms with Crippen LogP contribution in [0.25, 0.3) is 0 Å². The Bertz CT molecular complexity index is 275. The van der Waals surface area contributed by atoms with Gasteiger partial charge in [0.15, 0.2) is 0 Å². The zero-order valence-electron chi connectivity index (χ0n) is 9.36. The van der Waals surface area contributed by atoms with Crippen LogP contribution in [0, 0.1) is 16.7 Å². The Morgan fingerprint density at radius 3 is 2.47 bits per heavy atom. The van der Waals surface area contributed by atoms with Crippen molar-refractivity contribution in [3.8, 4) is 6.07 Å². The molecule has 0 radical (unpaired) electrons. The molecule has 0 aliphatic carbocycles. The molecule has 1 atom stereocenters. The van der Waals surface area contributed by atoms with E-state index in [2.05, 4.69) is 11.0 Å². The molecule has 1 N–H and O–H groups in total. The topological polar surface area (TPSA) is 64.3 Å². The molecule has 15 heavy (non-hydrogen) atoms. The molecule has 4 nitrogen and oxygen atoms in total. The lowest BCUT2D eigenvalue weighted by atomic mass is 9.76. The van der Waals surface area contributed by atoms with Crippen LogP contribution in [0.4, 0.5) is 0 Å². The molecule has 0 aromatic heterocycles. The number of hydrogen-bond donors (Lipinski definition) is 1. The molecule has 0 amide bonds. The lowest BCUT2D eigenvalue weighted by Crippen LogP contribution is -2.46. The van der Waals surface area contributed by atoms with E-state index in [1.54, 1.807) is 0 Å². The van der Waals surface area contributed by atoms with E-state index in [0.29, 0.717) is 19.3 Å². The van der Waals surface area contributed by atoms with Crippen molar-refractivity contribution < 1.29 is 9.90 Å². The van der Waals surface area contributed by atoms with Crippen LogP contribution in [-0.4, -0.2) is 35.1 Å². The smallest absolute Gasteiger partial charge is 0.309 e. The SMILES string of the molecule is CCC1(C(=O)O)CCN(C(C)C#N)CC1. The first-order valence-electron chi connectivity index (χ1n) is 5.43. The number of likely N-dealkylation sites (tertiary alicyclic amines) is 1. The second-order valence-corrected chi connectivity index (χ2v) is 4.28. The summed E-state index contributed by atoms with van der Waals surface area (Å²) in [6, 6.07) is 2.08. The monoisotopic (exact) mass is 210 g/mol. The third-order valence-corrected chi connectivity index (χ3v) is 3.62. The highest BCUT2D eigenvalue weighted by Crippen LogP contribution is 2.35. The highest BCUT2D eigenvalue weighted by atomic mass is 16.4. The van der Waals surface area contributed by atoms with Crippen LogP contribution in [0.15, 0.2) is 0 Å². The lowest BCUT2D eigenvalue weighted by molar-refractivity contribution is -0.152. The van der Waals surface area contributed by atoms with E-state index in [4.69, 9.17) is 5.26 Å². The molecule has 0 spiro atoms. The van der Waals surface area contributed by atoms with Gasteiger partial charge in [0.05, 0.1) is 17.5 Å². The van der Waals surface area contributed by atoms with Gasteiger partial charge in [0.1, 0.15) is 0 Å². The second-order valence-electron chi connectivity index (χ2n) is 4.28. The molecule has 1 aliphatic heterocycles. The number of piperidine rings is 1. The van der Waals surface area contributed by atoms with Crippen molar-refractivity contribution in [2.75, 3.05) is 13.1 Å². The van der Waals surface area contributed by atoms with Crippen LogP contribution in [0.2, 0.25) is 0 Å². The van der Waals surface area contributed by atoms with E-state index in [1.807, 2.05) is 13.8 Å². The minimum atomic E-state index is -0.686. The Morgan fingerprint density at radius 2 is 2.13 bits per heavy atom. The predicted octanol–water partition coefficient (Wildman–Crippen LogP) is 1.48. The number of carboxylic acid groups (broad SMARTS) is 1. The van der Waals surface area contributed by atoms with Gasteiger partial charge >= 0.3 is 5.97 Å². The molecule has 0 saturated carbocycles. The summed E-state index contributed by atoms with van der Waals surface area (Å²) in [5.74, 6) is -0.686. The first-order valence-corrected chi connectivity index (χ1v) is 5.43. The highest BCUT2D eigenvalue weighted by molar-refractivity contribution is 5.74. The minimum absolute atomic E-state index is 0.103. The van der Waals surface area contributed by atoms with Gasteiger partial charge in [0.25, 0.3) is 0 Å². The Hall–Kier alpha value is -1.08. The maximum absolute atomic E-state index is 11.2. The Morgan fingerprint density at radius 1 is 1.60 bits per heavy atom. The normalized spacial score (nSPS) is 23.0. The van der Waals surface area contributed by atoms with Gasteiger partial charge in [-0.25, -0.2) is 0 Å². The van der Waals surface area contributed by atoms with Crippen molar-refractivity contribution in [1.29, 1.82) is 5.26 Å². The third kappa shape index (κ3) is 2.29. The van der Waals surface area contributed by atoms with Crippen molar-refractivity contribution in [2.45, 2.75) is 39.2 Å². The third-order valence-electron chi connectivity index (χ3n) is 3.62. The van der Waals surface area contributed by atoms with E-state index < -0.39 is 11.4 Å². The van der Waals surface area contributed by atoms with Crippen LogP contribution in [0.1, 0.15) is 33.1 Å². The molecular formula is C11H18N2O2. The standard InChI is InChI=1S/C11H18N2O2/c1-3-11(10(14)15)4-6-13(7-5-11)9(2)8-12/h9H,3-7H2,1-2H3,(H,14,15). The van der Waals surface area contributed by atoms with Crippen LogP contribution in [-0.2, 0) is 4.79 Å². The quantitative estimate of drug-likeness (QED) is 0.766. The molecule has 84 valence electrons. The van der Waals surface area contributed by atoms with E-state index in [1.165, 1.54) is 0 Å². The van der Waals surface area contributed by atoms with Crippen molar-refractivity contribution in [1.82, 2.24) is 4.90 Å². The number of carbonyl (C=O) groups is 1. The maximum atomic E-state index is 11.2. The van der Waals surface area contributed by atoms with Crippen molar-refractivity contribution >= 4 is 5.97 Å². The zero-order valence-corrected chi connectivity index (χ0v) is 9.36. The van der Waals surface area contributed by atoms with Gasteiger partial charge in [-0.05, 0) is 26.2 Å². The maximum Gasteiger partial charge on any atom is 0.309 e. The van der Waals surface area contributed by atoms with Crippen LogP contribution in [0.3, 0.4) is 0 Å². The highest BCUT2D eigenvalue weighted by Gasteiger charge is 2.40. The fraction of sp³-hybridized carbons (Fsp3) is 0.818.